The van der Waals surface area contributed by atoms with E-state index >= 15 is 0 Å². The minimum atomic E-state index is -0.443. The largest absolute Gasteiger partial charge is 0.366 e. The molecule has 1 heterocycles. The number of aromatic nitrogens is 1. The minimum Gasteiger partial charge on any atom is -0.366 e. The number of halogens is 1. The van der Waals surface area contributed by atoms with Crippen molar-refractivity contribution in [2.24, 2.45) is 5.41 Å². The van der Waals surface area contributed by atoms with Gasteiger partial charge in [-0.2, -0.15) is 0 Å². The number of rotatable bonds is 3. The van der Waals surface area contributed by atoms with Crippen molar-refractivity contribution < 1.29 is 4.92 Å². The lowest BCUT2D eigenvalue weighted by Crippen LogP contribution is -2.31. The number of pyridine rings is 1. The Morgan fingerprint density at radius 2 is 2.33 bits per heavy atom. The first kappa shape index (κ1) is 13.3. The van der Waals surface area contributed by atoms with Gasteiger partial charge in [-0.25, -0.2) is 4.98 Å². The van der Waals surface area contributed by atoms with E-state index in [0.29, 0.717) is 16.3 Å². The molecule has 5 nitrogen and oxygen atoms in total. The Kier molecular flexibility index (Phi) is 3.56. The molecule has 18 heavy (non-hydrogen) atoms. The number of nitrogens with zero attached hydrogens (tertiary/aromatic N) is 2. The van der Waals surface area contributed by atoms with Crippen molar-refractivity contribution in [3.05, 3.63) is 26.9 Å². The zero-order chi connectivity index (χ0) is 13.3. The van der Waals surface area contributed by atoms with E-state index in [-0.39, 0.29) is 11.1 Å². The lowest BCUT2D eigenvalue weighted by Gasteiger charge is -2.28. The lowest BCUT2D eigenvalue weighted by molar-refractivity contribution is -0.385. The van der Waals surface area contributed by atoms with Crippen molar-refractivity contribution in [2.45, 2.75) is 39.2 Å². The van der Waals surface area contributed by atoms with Crippen LogP contribution in [0.15, 0.2) is 16.7 Å². The van der Waals surface area contributed by atoms with Gasteiger partial charge in [0.05, 0.1) is 9.40 Å². The maximum Gasteiger partial charge on any atom is 0.288 e. The topological polar surface area (TPSA) is 68.1 Å². The number of nitrogens with one attached hydrogen (secondary N) is 1. The van der Waals surface area contributed by atoms with Crippen molar-refractivity contribution in [1.29, 1.82) is 0 Å². The molecule has 98 valence electrons. The monoisotopic (exact) mass is 313 g/mol. The van der Waals surface area contributed by atoms with Gasteiger partial charge in [0.25, 0.3) is 5.69 Å². The fourth-order valence-corrected chi connectivity index (χ4v) is 2.84. The molecule has 0 saturated heterocycles. The minimum absolute atomic E-state index is 0.00175. The average molecular weight is 314 g/mol. The first-order chi connectivity index (χ1) is 8.40. The summed E-state index contributed by atoms with van der Waals surface area (Å²) >= 11 is 3.33. The molecule has 1 aromatic rings. The molecule has 0 aromatic carbocycles. The molecule has 1 N–H and O–H groups in total. The summed E-state index contributed by atoms with van der Waals surface area (Å²) in [5.74, 6) is 0.681. The number of hydrogen-bond acceptors (Lipinski definition) is 4. The molecule has 6 heteroatoms. The van der Waals surface area contributed by atoms with E-state index in [9.17, 15) is 10.1 Å². The molecule has 1 fully saturated rings. The van der Waals surface area contributed by atoms with Crippen LogP contribution in [-0.4, -0.2) is 15.9 Å². The second-order valence-corrected chi connectivity index (χ2v) is 6.21. The van der Waals surface area contributed by atoms with Gasteiger partial charge in [0.15, 0.2) is 0 Å². The molecule has 0 amide bonds. The van der Waals surface area contributed by atoms with Crippen LogP contribution >= 0.6 is 15.9 Å². The van der Waals surface area contributed by atoms with Crippen LogP contribution in [0.3, 0.4) is 0 Å². The van der Waals surface area contributed by atoms with Crippen molar-refractivity contribution in [3.8, 4) is 0 Å². The van der Waals surface area contributed by atoms with Gasteiger partial charge in [-0.1, -0.05) is 20.3 Å². The Morgan fingerprint density at radius 3 is 2.83 bits per heavy atom. The van der Waals surface area contributed by atoms with Gasteiger partial charge in [0.1, 0.15) is 12.0 Å². The third-order valence-electron chi connectivity index (χ3n) is 3.61. The van der Waals surface area contributed by atoms with E-state index in [1.165, 1.54) is 25.1 Å². The first-order valence-corrected chi connectivity index (χ1v) is 6.76. The fourth-order valence-electron chi connectivity index (χ4n) is 2.39. The summed E-state index contributed by atoms with van der Waals surface area (Å²) in [6, 6.07) is 1.85. The zero-order valence-corrected chi connectivity index (χ0v) is 12.0. The third-order valence-corrected chi connectivity index (χ3v) is 4.21. The maximum absolute atomic E-state index is 10.6. The van der Waals surface area contributed by atoms with E-state index in [4.69, 9.17) is 0 Å². The predicted octanol–water partition coefficient (Wildman–Crippen LogP) is 3.74. The SMILES string of the molecule is CC1(C)CCCC1Nc1ncc([N+](=O)[O-])cc1Br. The highest BCUT2D eigenvalue weighted by Gasteiger charge is 2.34. The van der Waals surface area contributed by atoms with E-state index in [1.54, 1.807) is 0 Å². The van der Waals surface area contributed by atoms with E-state index in [1.807, 2.05) is 0 Å². The highest BCUT2D eigenvalue weighted by molar-refractivity contribution is 9.10. The predicted molar refractivity (Wildman–Crippen MR) is 73.6 cm³/mol. The van der Waals surface area contributed by atoms with Crippen molar-refractivity contribution in [3.63, 3.8) is 0 Å². The Labute approximate surface area is 114 Å². The summed E-state index contributed by atoms with van der Waals surface area (Å²) in [5, 5.41) is 14.0. The summed E-state index contributed by atoms with van der Waals surface area (Å²) in [7, 11) is 0. The highest BCUT2D eigenvalue weighted by atomic mass is 79.9. The molecule has 1 saturated carbocycles. The average Bonchev–Trinajstić information content (AvgIpc) is 2.61. The molecule has 0 aliphatic heterocycles. The summed E-state index contributed by atoms with van der Waals surface area (Å²) < 4.78 is 0.638. The molecule has 0 spiro atoms. The molecule has 1 unspecified atom stereocenters. The quantitative estimate of drug-likeness (QED) is 0.681. The standard InChI is InChI=1S/C12H16BrN3O2/c1-12(2)5-3-4-10(12)15-11-9(13)6-8(7-14-11)16(17)18/h6-7,10H,3-5H2,1-2H3,(H,14,15). The highest BCUT2D eigenvalue weighted by Crippen LogP contribution is 2.39. The Bertz CT molecular complexity index is 476. The van der Waals surface area contributed by atoms with Gasteiger partial charge in [0, 0.05) is 12.1 Å². The Hall–Kier alpha value is -1.17. The molecular formula is C12H16BrN3O2. The van der Waals surface area contributed by atoms with E-state index < -0.39 is 4.92 Å². The second kappa shape index (κ2) is 4.84. The van der Waals surface area contributed by atoms with Crippen LogP contribution in [0, 0.1) is 15.5 Å². The third kappa shape index (κ3) is 2.63. The molecular weight excluding hydrogens is 298 g/mol. The van der Waals surface area contributed by atoms with Gasteiger partial charge in [-0.3, -0.25) is 10.1 Å². The van der Waals surface area contributed by atoms with Gasteiger partial charge >= 0.3 is 0 Å². The van der Waals surface area contributed by atoms with Crippen LogP contribution in [0.25, 0.3) is 0 Å². The number of hydrogen-bond donors (Lipinski definition) is 1. The Morgan fingerprint density at radius 1 is 1.61 bits per heavy atom. The van der Waals surface area contributed by atoms with Crippen LogP contribution in [0.4, 0.5) is 11.5 Å². The van der Waals surface area contributed by atoms with Crippen molar-refractivity contribution >= 4 is 27.4 Å². The summed E-state index contributed by atoms with van der Waals surface area (Å²) in [6.07, 6.45) is 4.79. The molecule has 2 rings (SSSR count). The smallest absolute Gasteiger partial charge is 0.288 e. The molecule has 1 aliphatic rings. The first-order valence-electron chi connectivity index (χ1n) is 5.96. The summed E-state index contributed by atoms with van der Waals surface area (Å²) in [4.78, 5) is 14.3. The van der Waals surface area contributed by atoms with Crippen LogP contribution in [-0.2, 0) is 0 Å². The summed E-state index contributed by atoms with van der Waals surface area (Å²) in [5.41, 5.74) is 0.237. The second-order valence-electron chi connectivity index (χ2n) is 5.36. The van der Waals surface area contributed by atoms with Crippen molar-refractivity contribution in [2.75, 3.05) is 5.32 Å². The van der Waals surface area contributed by atoms with Gasteiger partial charge < -0.3 is 5.32 Å². The van der Waals surface area contributed by atoms with Crippen LogP contribution in [0.1, 0.15) is 33.1 Å². The van der Waals surface area contributed by atoms with Crippen molar-refractivity contribution in [1.82, 2.24) is 4.98 Å². The molecule has 1 aliphatic carbocycles. The lowest BCUT2D eigenvalue weighted by atomic mass is 9.87. The van der Waals surface area contributed by atoms with Crippen LogP contribution in [0.2, 0.25) is 0 Å². The normalized spacial score (nSPS) is 21.8. The van der Waals surface area contributed by atoms with Crippen LogP contribution in [0.5, 0.6) is 0 Å². The van der Waals surface area contributed by atoms with E-state index in [0.717, 1.165) is 6.42 Å². The molecule has 0 radical (unpaired) electrons. The zero-order valence-electron chi connectivity index (χ0n) is 10.4. The van der Waals surface area contributed by atoms with Crippen LogP contribution < -0.4 is 5.32 Å². The van der Waals surface area contributed by atoms with Gasteiger partial charge in [-0.05, 0) is 34.2 Å². The molecule has 0 bridgehead atoms. The molecule has 1 atom stereocenters. The number of nitro groups is 1. The summed E-state index contributed by atoms with van der Waals surface area (Å²) in [6.45, 7) is 4.47. The number of anilines is 1. The van der Waals surface area contributed by atoms with Gasteiger partial charge in [-0.15, -0.1) is 0 Å². The Balaban J connectivity index is 2.17. The fraction of sp³-hybridized carbons (Fsp3) is 0.583. The molecule has 1 aromatic heterocycles. The van der Waals surface area contributed by atoms with E-state index in [2.05, 4.69) is 40.1 Å². The van der Waals surface area contributed by atoms with Gasteiger partial charge in [0.2, 0.25) is 0 Å². The maximum atomic E-state index is 10.6.